The van der Waals surface area contributed by atoms with Crippen LogP contribution in [0.25, 0.3) is 0 Å². The molecular formula is C28H52O6. The van der Waals surface area contributed by atoms with Crippen molar-refractivity contribution in [2.45, 2.75) is 143 Å². The van der Waals surface area contributed by atoms with Crippen molar-refractivity contribution in [2.24, 2.45) is 11.8 Å². The van der Waals surface area contributed by atoms with Gasteiger partial charge in [0.15, 0.2) is 0 Å². The highest BCUT2D eigenvalue weighted by Crippen LogP contribution is 2.24. The highest BCUT2D eigenvalue weighted by atomic mass is 16.7. The van der Waals surface area contributed by atoms with E-state index in [1.165, 1.54) is 44.9 Å². The van der Waals surface area contributed by atoms with Gasteiger partial charge < -0.3 is 18.9 Å². The number of rotatable bonds is 18. The Balaban J connectivity index is 2.02. The minimum atomic E-state index is -0.614. The third-order valence-corrected chi connectivity index (χ3v) is 6.40. The highest BCUT2D eigenvalue weighted by Gasteiger charge is 2.28. The van der Waals surface area contributed by atoms with Gasteiger partial charge >= 0.3 is 12.3 Å². The Morgan fingerprint density at radius 1 is 0.618 bits per heavy atom. The van der Waals surface area contributed by atoms with E-state index < -0.39 is 12.3 Å². The SMILES string of the molecule is CC(C)CCCCCCCCCOC(=O)OC1CCCC(OC(=O)OCCCCCC(C)C)C1. The fourth-order valence-electron chi connectivity index (χ4n) is 4.34. The van der Waals surface area contributed by atoms with Crippen molar-refractivity contribution in [1.82, 2.24) is 0 Å². The molecule has 1 fully saturated rings. The van der Waals surface area contributed by atoms with Gasteiger partial charge in [-0.1, -0.05) is 91.9 Å². The molecule has 6 heteroatoms. The van der Waals surface area contributed by atoms with E-state index >= 15 is 0 Å². The van der Waals surface area contributed by atoms with Crippen LogP contribution in [-0.4, -0.2) is 37.7 Å². The molecule has 0 spiro atoms. The third-order valence-electron chi connectivity index (χ3n) is 6.40. The topological polar surface area (TPSA) is 71.1 Å². The van der Waals surface area contributed by atoms with Gasteiger partial charge in [0.05, 0.1) is 13.2 Å². The molecule has 2 unspecified atom stereocenters. The molecule has 1 saturated carbocycles. The second-order valence-corrected chi connectivity index (χ2v) is 10.7. The van der Waals surface area contributed by atoms with Crippen LogP contribution in [0.15, 0.2) is 0 Å². The molecule has 0 aromatic rings. The lowest BCUT2D eigenvalue weighted by Gasteiger charge is -2.28. The summed E-state index contributed by atoms with van der Waals surface area (Å²) in [5.41, 5.74) is 0. The zero-order valence-electron chi connectivity index (χ0n) is 22.5. The van der Waals surface area contributed by atoms with E-state index in [4.69, 9.17) is 18.9 Å². The molecule has 0 radical (unpaired) electrons. The van der Waals surface area contributed by atoms with Gasteiger partial charge in [0, 0.05) is 6.42 Å². The molecule has 0 saturated heterocycles. The van der Waals surface area contributed by atoms with Crippen LogP contribution in [0, 0.1) is 11.8 Å². The first-order valence-corrected chi connectivity index (χ1v) is 14.0. The van der Waals surface area contributed by atoms with Gasteiger partial charge in [0.1, 0.15) is 12.2 Å². The quantitative estimate of drug-likeness (QED) is 0.143. The van der Waals surface area contributed by atoms with Gasteiger partial charge in [-0.25, -0.2) is 9.59 Å². The van der Waals surface area contributed by atoms with Crippen LogP contribution in [-0.2, 0) is 18.9 Å². The first-order chi connectivity index (χ1) is 16.4. The Morgan fingerprint density at radius 3 is 1.44 bits per heavy atom. The van der Waals surface area contributed by atoms with Crippen LogP contribution in [0.3, 0.4) is 0 Å². The summed E-state index contributed by atoms with van der Waals surface area (Å²) in [6.07, 6.45) is 15.1. The van der Waals surface area contributed by atoms with E-state index in [1.54, 1.807) is 0 Å². The van der Waals surface area contributed by atoms with Crippen molar-refractivity contribution in [2.75, 3.05) is 13.2 Å². The maximum atomic E-state index is 12.0. The molecule has 1 aliphatic rings. The molecular weight excluding hydrogens is 432 g/mol. The minimum Gasteiger partial charge on any atom is -0.434 e. The molecule has 6 nitrogen and oxygen atoms in total. The number of hydrogen-bond donors (Lipinski definition) is 0. The maximum Gasteiger partial charge on any atom is 0.508 e. The van der Waals surface area contributed by atoms with Crippen LogP contribution < -0.4 is 0 Å². The van der Waals surface area contributed by atoms with Gasteiger partial charge in [-0.15, -0.1) is 0 Å². The smallest absolute Gasteiger partial charge is 0.434 e. The summed E-state index contributed by atoms with van der Waals surface area (Å²) in [5, 5.41) is 0. The van der Waals surface area contributed by atoms with Gasteiger partial charge in [-0.05, 0) is 43.9 Å². The van der Waals surface area contributed by atoms with Crippen LogP contribution in [0.5, 0.6) is 0 Å². The summed E-state index contributed by atoms with van der Waals surface area (Å²) < 4.78 is 21.3. The molecule has 0 aromatic heterocycles. The molecule has 34 heavy (non-hydrogen) atoms. The average molecular weight is 485 g/mol. The zero-order valence-corrected chi connectivity index (χ0v) is 22.5. The Morgan fingerprint density at radius 2 is 1.00 bits per heavy atom. The van der Waals surface area contributed by atoms with Crippen molar-refractivity contribution in [3.63, 3.8) is 0 Å². The van der Waals surface area contributed by atoms with Crippen LogP contribution in [0.1, 0.15) is 130 Å². The van der Waals surface area contributed by atoms with E-state index in [0.29, 0.717) is 25.6 Å². The second-order valence-electron chi connectivity index (χ2n) is 10.7. The number of carbonyl (C=O) groups is 2. The molecule has 0 bridgehead atoms. The summed E-state index contributed by atoms with van der Waals surface area (Å²) in [7, 11) is 0. The standard InChI is InChI=1S/C28H52O6/c1-23(2)16-11-8-6-5-7-9-13-20-31-27(29)33-25-18-15-19-26(22-25)34-28(30)32-21-14-10-12-17-24(3)4/h23-26H,5-22H2,1-4H3. The van der Waals surface area contributed by atoms with Crippen molar-refractivity contribution < 1.29 is 28.5 Å². The first kappa shape index (κ1) is 30.6. The fraction of sp³-hybridized carbons (Fsp3) is 0.929. The van der Waals surface area contributed by atoms with Crippen LogP contribution in [0.4, 0.5) is 9.59 Å². The predicted octanol–water partition coefficient (Wildman–Crippen LogP) is 8.60. The van der Waals surface area contributed by atoms with Crippen LogP contribution >= 0.6 is 0 Å². The van der Waals surface area contributed by atoms with Gasteiger partial charge in [0.2, 0.25) is 0 Å². The summed E-state index contributed by atoms with van der Waals surface area (Å²) >= 11 is 0. The van der Waals surface area contributed by atoms with E-state index in [1.807, 2.05) is 0 Å². The number of unbranched alkanes of at least 4 members (excludes halogenated alkanes) is 8. The molecule has 1 aliphatic carbocycles. The summed E-state index contributed by atoms with van der Waals surface area (Å²) in [6, 6.07) is 0. The molecule has 0 N–H and O–H groups in total. The number of hydrogen-bond acceptors (Lipinski definition) is 6. The lowest BCUT2D eigenvalue weighted by Crippen LogP contribution is -2.32. The van der Waals surface area contributed by atoms with Crippen molar-refractivity contribution in [3.8, 4) is 0 Å². The Kier molecular flexibility index (Phi) is 17.8. The summed E-state index contributed by atoms with van der Waals surface area (Å²) in [6.45, 7) is 9.79. The van der Waals surface area contributed by atoms with E-state index in [-0.39, 0.29) is 12.2 Å². The lowest BCUT2D eigenvalue weighted by atomic mass is 9.95. The Bertz CT molecular complexity index is 519. The molecule has 0 heterocycles. The summed E-state index contributed by atoms with van der Waals surface area (Å²) in [4.78, 5) is 23.9. The van der Waals surface area contributed by atoms with Crippen molar-refractivity contribution in [1.29, 1.82) is 0 Å². The molecule has 2 atom stereocenters. The van der Waals surface area contributed by atoms with E-state index in [9.17, 15) is 9.59 Å². The minimum absolute atomic E-state index is 0.263. The maximum absolute atomic E-state index is 12.0. The van der Waals surface area contributed by atoms with Crippen molar-refractivity contribution in [3.05, 3.63) is 0 Å². The monoisotopic (exact) mass is 484 g/mol. The number of ether oxygens (including phenoxy) is 4. The zero-order chi connectivity index (χ0) is 25.0. The molecule has 0 amide bonds. The molecule has 1 rings (SSSR count). The van der Waals surface area contributed by atoms with E-state index in [0.717, 1.165) is 57.3 Å². The Hall–Kier alpha value is -1.46. The second kappa shape index (κ2) is 19.8. The third kappa shape index (κ3) is 17.9. The molecule has 0 aromatic carbocycles. The van der Waals surface area contributed by atoms with Gasteiger partial charge in [-0.2, -0.15) is 0 Å². The average Bonchev–Trinajstić information content (AvgIpc) is 2.77. The van der Waals surface area contributed by atoms with Gasteiger partial charge in [0.25, 0.3) is 0 Å². The van der Waals surface area contributed by atoms with E-state index in [2.05, 4.69) is 27.7 Å². The largest absolute Gasteiger partial charge is 0.508 e. The lowest BCUT2D eigenvalue weighted by molar-refractivity contribution is -0.0350. The van der Waals surface area contributed by atoms with Crippen LogP contribution in [0.2, 0.25) is 0 Å². The molecule has 0 aliphatic heterocycles. The fourth-order valence-corrected chi connectivity index (χ4v) is 4.34. The number of carbonyl (C=O) groups excluding carboxylic acids is 2. The van der Waals surface area contributed by atoms with Gasteiger partial charge in [-0.3, -0.25) is 0 Å². The molecule has 200 valence electrons. The Labute approximate surface area is 208 Å². The first-order valence-electron chi connectivity index (χ1n) is 14.0. The summed E-state index contributed by atoms with van der Waals surface area (Å²) in [5.74, 6) is 1.52. The predicted molar refractivity (Wildman–Crippen MR) is 136 cm³/mol. The normalized spacial score (nSPS) is 18.2. The van der Waals surface area contributed by atoms with Crippen molar-refractivity contribution >= 4 is 12.3 Å². The highest BCUT2D eigenvalue weighted by molar-refractivity contribution is 5.60.